The van der Waals surface area contributed by atoms with E-state index in [2.05, 4.69) is 4.98 Å². The summed E-state index contributed by atoms with van der Waals surface area (Å²) < 4.78 is 18.7. The summed E-state index contributed by atoms with van der Waals surface area (Å²) in [6.07, 6.45) is 0.520. The Bertz CT molecular complexity index is 1200. The molecule has 0 spiro atoms. The maximum Gasteiger partial charge on any atom is 0.290 e. The number of aryl methyl sites for hydroxylation is 1. The normalized spacial score (nSPS) is 16.0. The van der Waals surface area contributed by atoms with Gasteiger partial charge in [0.15, 0.2) is 5.76 Å². The number of carbonyl (C=O) groups excluding carboxylic acids is 2. The van der Waals surface area contributed by atoms with E-state index < -0.39 is 29.3 Å². The highest BCUT2D eigenvalue weighted by atomic mass is 32.1. The molecule has 4 rings (SSSR count). The molecular formula is C25H23FN2O4S. The molecule has 170 valence electrons. The van der Waals surface area contributed by atoms with E-state index in [9.17, 15) is 19.1 Å². The lowest BCUT2D eigenvalue weighted by Gasteiger charge is -2.26. The number of hydrogen-bond acceptors (Lipinski definition) is 6. The maximum atomic E-state index is 13.7. The number of aliphatic hydroxyl groups is 1. The minimum Gasteiger partial charge on any atom is -0.503 e. The van der Waals surface area contributed by atoms with Gasteiger partial charge >= 0.3 is 0 Å². The van der Waals surface area contributed by atoms with Crippen molar-refractivity contribution >= 4 is 23.0 Å². The number of thiazole rings is 1. The van der Waals surface area contributed by atoms with Crippen molar-refractivity contribution in [1.29, 1.82) is 0 Å². The molecule has 0 saturated carbocycles. The number of hydrogen-bond donors (Lipinski definition) is 1. The zero-order chi connectivity index (χ0) is 23.5. The molecule has 1 N–H and O–H groups in total. The predicted molar refractivity (Wildman–Crippen MR) is 124 cm³/mol. The number of nitrogens with zero attached hydrogens (tertiary/aromatic N) is 2. The molecule has 6 nitrogen and oxygen atoms in total. The number of ether oxygens (including phenoxy) is 1. The number of rotatable bonds is 8. The summed E-state index contributed by atoms with van der Waals surface area (Å²) >= 11 is 1.22. The number of ketones is 1. The maximum absolute atomic E-state index is 13.7. The van der Waals surface area contributed by atoms with Crippen molar-refractivity contribution in [3.8, 4) is 10.6 Å². The van der Waals surface area contributed by atoms with Crippen LogP contribution >= 0.6 is 11.3 Å². The number of Topliss-reactive ketones (excluding diaryl/α,β-unsaturated/α-hetero) is 1. The molecule has 1 unspecified atom stereocenters. The first-order valence-corrected chi connectivity index (χ1v) is 11.3. The summed E-state index contributed by atoms with van der Waals surface area (Å²) in [4.78, 5) is 32.9. The van der Waals surface area contributed by atoms with Gasteiger partial charge in [0.05, 0.1) is 22.2 Å². The summed E-state index contributed by atoms with van der Waals surface area (Å²) in [6.45, 7) is 2.42. The third kappa shape index (κ3) is 4.44. The average molecular weight is 467 g/mol. The topological polar surface area (TPSA) is 79.7 Å². The SMILES string of the molecule is COCCCN1C(=O)C(O)=C(C(=O)c2sc(-c3ccccc3)nc2C)C1c1ccc(F)cc1. The molecule has 0 fully saturated rings. The van der Waals surface area contributed by atoms with Crippen LogP contribution in [0.25, 0.3) is 10.6 Å². The lowest BCUT2D eigenvalue weighted by atomic mass is 9.95. The van der Waals surface area contributed by atoms with Crippen molar-refractivity contribution in [3.63, 3.8) is 0 Å². The van der Waals surface area contributed by atoms with Crippen molar-refractivity contribution in [2.45, 2.75) is 19.4 Å². The number of carbonyl (C=O) groups is 2. The Hall–Kier alpha value is -3.36. The van der Waals surface area contributed by atoms with Gasteiger partial charge in [-0.05, 0) is 31.0 Å². The van der Waals surface area contributed by atoms with E-state index in [0.29, 0.717) is 34.2 Å². The van der Waals surface area contributed by atoms with Crippen molar-refractivity contribution in [2.24, 2.45) is 0 Å². The molecule has 1 amide bonds. The number of benzene rings is 2. The van der Waals surface area contributed by atoms with Crippen LogP contribution < -0.4 is 0 Å². The van der Waals surface area contributed by atoms with E-state index in [4.69, 9.17) is 4.74 Å². The van der Waals surface area contributed by atoms with Gasteiger partial charge < -0.3 is 14.7 Å². The Morgan fingerprint density at radius 2 is 1.88 bits per heavy atom. The largest absolute Gasteiger partial charge is 0.503 e. The van der Waals surface area contributed by atoms with Crippen LogP contribution in [0.3, 0.4) is 0 Å². The fourth-order valence-corrected chi connectivity index (χ4v) is 4.95. The summed E-state index contributed by atoms with van der Waals surface area (Å²) in [5, 5.41) is 11.4. The van der Waals surface area contributed by atoms with E-state index in [1.807, 2.05) is 30.3 Å². The Labute approximate surface area is 195 Å². The molecule has 0 aliphatic carbocycles. The second-order valence-electron chi connectivity index (χ2n) is 7.69. The first kappa shape index (κ1) is 22.8. The van der Waals surface area contributed by atoms with Gasteiger partial charge in [0.2, 0.25) is 5.78 Å². The molecule has 33 heavy (non-hydrogen) atoms. The number of methoxy groups -OCH3 is 1. The third-order valence-corrected chi connectivity index (χ3v) is 6.71. The van der Waals surface area contributed by atoms with E-state index in [1.54, 1.807) is 14.0 Å². The van der Waals surface area contributed by atoms with Crippen molar-refractivity contribution < 1.29 is 23.8 Å². The fraction of sp³-hybridized carbons (Fsp3) is 0.240. The Morgan fingerprint density at radius 1 is 1.18 bits per heavy atom. The zero-order valence-electron chi connectivity index (χ0n) is 18.2. The molecule has 2 aromatic carbocycles. The van der Waals surface area contributed by atoms with Crippen molar-refractivity contribution in [1.82, 2.24) is 9.88 Å². The van der Waals surface area contributed by atoms with Gasteiger partial charge in [-0.3, -0.25) is 9.59 Å². The Morgan fingerprint density at radius 3 is 2.55 bits per heavy atom. The highest BCUT2D eigenvalue weighted by Gasteiger charge is 2.44. The molecule has 1 atom stereocenters. The average Bonchev–Trinajstić information content (AvgIpc) is 3.33. The van der Waals surface area contributed by atoms with Crippen molar-refractivity contribution in [3.05, 3.63) is 87.9 Å². The molecule has 0 saturated heterocycles. The van der Waals surface area contributed by atoms with E-state index in [1.165, 1.54) is 40.5 Å². The second-order valence-corrected chi connectivity index (χ2v) is 8.69. The second kappa shape index (κ2) is 9.64. The lowest BCUT2D eigenvalue weighted by molar-refractivity contribution is -0.129. The van der Waals surface area contributed by atoms with Crippen LogP contribution in [0.4, 0.5) is 4.39 Å². The van der Waals surface area contributed by atoms with Crippen LogP contribution in [-0.4, -0.2) is 46.9 Å². The third-order valence-electron chi connectivity index (χ3n) is 5.51. The summed E-state index contributed by atoms with van der Waals surface area (Å²) in [5.41, 5.74) is 1.92. The number of halogens is 1. The van der Waals surface area contributed by atoms with Crippen LogP contribution in [0.5, 0.6) is 0 Å². The van der Waals surface area contributed by atoms with Crippen LogP contribution in [0, 0.1) is 12.7 Å². The zero-order valence-corrected chi connectivity index (χ0v) is 19.1. The molecule has 8 heteroatoms. The number of aromatic nitrogens is 1. The Kier molecular flexibility index (Phi) is 6.67. The highest BCUT2D eigenvalue weighted by Crippen LogP contribution is 2.41. The predicted octanol–water partition coefficient (Wildman–Crippen LogP) is 4.87. The van der Waals surface area contributed by atoms with Gasteiger partial charge in [-0.15, -0.1) is 11.3 Å². The molecule has 2 heterocycles. The smallest absolute Gasteiger partial charge is 0.290 e. The quantitative estimate of drug-likeness (QED) is 0.378. The summed E-state index contributed by atoms with van der Waals surface area (Å²) in [5.74, 6) is -2.10. The first-order valence-electron chi connectivity index (χ1n) is 10.5. The van der Waals surface area contributed by atoms with Gasteiger partial charge in [0.25, 0.3) is 5.91 Å². The van der Waals surface area contributed by atoms with Crippen LogP contribution in [0.15, 0.2) is 65.9 Å². The van der Waals surface area contributed by atoms with Crippen LogP contribution in [0.2, 0.25) is 0 Å². The minimum atomic E-state index is -0.830. The molecule has 1 aliphatic rings. The molecule has 1 aliphatic heterocycles. The van der Waals surface area contributed by atoms with Gasteiger partial charge in [-0.1, -0.05) is 42.5 Å². The van der Waals surface area contributed by atoms with Gasteiger partial charge in [0.1, 0.15) is 10.8 Å². The summed E-state index contributed by atoms with van der Waals surface area (Å²) in [6, 6.07) is 14.3. The van der Waals surface area contributed by atoms with Crippen LogP contribution in [-0.2, 0) is 9.53 Å². The van der Waals surface area contributed by atoms with Gasteiger partial charge in [0, 0.05) is 25.8 Å². The number of amides is 1. The molecular weight excluding hydrogens is 443 g/mol. The summed E-state index contributed by atoms with van der Waals surface area (Å²) in [7, 11) is 1.56. The van der Waals surface area contributed by atoms with E-state index in [-0.39, 0.29) is 12.1 Å². The lowest BCUT2D eigenvalue weighted by Crippen LogP contribution is -2.32. The standard InChI is InChI=1S/C25H23FN2O4S/c1-15-23(33-24(27-15)17-7-4-3-5-8-17)21(29)19-20(16-9-11-18(26)12-10-16)28(13-6-14-32-2)25(31)22(19)30/h3-5,7-12,20,30H,6,13-14H2,1-2H3. The molecule has 0 bridgehead atoms. The first-order chi connectivity index (χ1) is 15.9. The Balaban J connectivity index is 1.75. The molecule has 0 radical (unpaired) electrons. The molecule has 3 aromatic rings. The van der Waals surface area contributed by atoms with E-state index >= 15 is 0 Å². The highest BCUT2D eigenvalue weighted by molar-refractivity contribution is 7.17. The van der Waals surface area contributed by atoms with Gasteiger partial charge in [-0.25, -0.2) is 9.37 Å². The molecule has 1 aromatic heterocycles. The van der Waals surface area contributed by atoms with Gasteiger partial charge in [-0.2, -0.15) is 0 Å². The minimum absolute atomic E-state index is 0.0182. The van der Waals surface area contributed by atoms with Crippen LogP contribution in [0.1, 0.15) is 33.4 Å². The van der Waals surface area contributed by atoms with Crippen molar-refractivity contribution in [2.75, 3.05) is 20.3 Å². The van der Waals surface area contributed by atoms with E-state index in [0.717, 1.165) is 5.56 Å². The monoisotopic (exact) mass is 466 g/mol. The fourth-order valence-electron chi connectivity index (χ4n) is 3.92. The number of aliphatic hydroxyl groups excluding tert-OH is 1.